The van der Waals surface area contributed by atoms with E-state index in [9.17, 15) is 18.3 Å². The lowest BCUT2D eigenvalue weighted by Gasteiger charge is -2.22. The van der Waals surface area contributed by atoms with Crippen molar-refractivity contribution in [1.29, 1.82) is 0 Å². The molecule has 2 N–H and O–H groups in total. The Bertz CT molecular complexity index is 711. The summed E-state index contributed by atoms with van der Waals surface area (Å²) >= 11 is 0. The Kier molecular flexibility index (Phi) is 3.20. The van der Waals surface area contributed by atoms with Crippen molar-refractivity contribution < 1.29 is 27.2 Å². The van der Waals surface area contributed by atoms with Crippen molar-refractivity contribution in [2.45, 2.75) is 12.6 Å². The lowest BCUT2D eigenvalue weighted by atomic mass is 10.2. The minimum atomic E-state index is -4.77. The number of urea groups is 1. The average molecular weight is 316 g/mol. The summed E-state index contributed by atoms with van der Waals surface area (Å²) in [6.07, 6.45) is 4.77. The molecule has 0 radical (unpaired) electrons. The first kappa shape index (κ1) is 14.0. The molecule has 0 spiro atoms. The highest BCUT2D eigenvalue weighted by Gasteiger charge is 2.43. The first-order valence-electron chi connectivity index (χ1n) is 5.98. The van der Waals surface area contributed by atoms with Gasteiger partial charge in [-0.2, -0.15) is 13.5 Å². The summed E-state index contributed by atoms with van der Waals surface area (Å²) in [6, 6.07) is -1.31. The van der Waals surface area contributed by atoms with Crippen molar-refractivity contribution in [2.24, 2.45) is 0 Å². The maximum absolute atomic E-state index is 12.0. The van der Waals surface area contributed by atoms with Crippen LogP contribution in [-0.4, -0.2) is 62.8 Å². The van der Waals surface area contributed by atoms with Gasteiger partial charge in [-0.1, -0.05) is 0 Å². The maximum Gasteiger partial charge on any atom is 0.418 e. The Balaban J connectivity index is 1.92. The van der Waals surface area contributed by atoms with E-state index in [0.717, 1.165) is 0 Å². The topological polar surface area (TPSA) is 125 Å². The average Bonchev–Trinajstić information content (AvgIpc) is 2.97. The van der Waals surface area contributed by atoms with E-state index in [1.54, 1.807) is 16.8 Å². The summed E-state index contributed by atoms with van der Waals surface area (Å²) in [6.45, 7) is 0.194. The normalized spacial score (nSPS) is 21.9. The van der Waals surface area contributed by atoms with Gasteiger partial charge in [0.05, 0.1) is 6.54 Å². The van der Waals surface area contributed by atoms with Gasteiger partial charge in [0.25, 0.3) is 0 Å². The third kappa shape index (κ3) is 2.51. The second-order valence-electron chi connectivity index (χ2n) is 4.59. The van der Waals surface area contributed by atoms with Gasteiger partial charge in [0, 0.05) is 24.6 Å². The molecular weight excluding hydrogens is 304 g/mol. The summed E-state index contributed by atoms with van der Waals surface area (Å²) < 4.78 is 36.2. The Morgan fingerprint density at radius 1 is 1.48 bits per heavy atom. The molecule has 1 saturated heterocycles. The van der Waals surface area contributed by atoms with E-state index in [-0.39, 0.29) is 19.7 Å². The molecule has 1 unspecified atom stereocenters. The summed E-state index contributed by atoms with van der Waals surface area (Å²) in [4.78, 5) is 17.3. The lowest BCUT2D eigenvalue weighted by Crippen LogP contribution is -2.35. The molecule has 0 aliphatic carbocycles. The minimum absolute atomic E-state index is 0.212. The van der Waals surface area contributed by atoms with Gasteiger partial charge in [-0.3, -0.25) is 4.55 Å². The summed E-state index contributed by atoms with van der Waals surface area (Å²) in [7, 11) is -4.77. The maximum atomic E-state index is 12.0. The number of amides is 2. The highest BCUT2D eigenvalue weighted by atomic mass is 32.3. The SMILES string of the molecule is O=C1N2CC(n3ccnc3CO)=CC(C2)N1OS(=O)(=O)O. The van der Waals surface area contributed by atoms with Crippen molar-refractivity contribution in [3.63, 3.8) is 0 Å². The van der Waals surface area contributed by atoms with Crippen molar-refractivity contribution in [1.82, 2.24) is 19.5 Å². The van der Waals surface area contributed by atoms with Crippen molar-refractivity contribution in [2.75, 3.05) is 13.1 Å². The number of aliphatic hydroxyl groups excluding tert-OH is 1. The second-order valence-corrected chi connectivity index (χ2v) is 5.59. The molecule has 0 saturated carbocycles. The van der Waals surface area contributed by atoms with Gasteiger partial charge in [0.15, 0.2) is 0 Å². The third-order valence-electron chi connectivity index (χ3n) is 3.25. The molecule has 21 heavy (non-hydrogen) atoms. The molecule has 2 amide bonds. The number of nitrogens with zero attached hydrogens (tertiary/aromatic N) is 4. The molecule has 2 aliphatic rings. The summed E-state index contributed by atoms with van der Waals surface area (Å²) in [5, 5.41) is 9.81. The van der Waals surface area contributed by atoms with E-state index in [2.05, 4.69) is 9.27 Å². The molecule has 0 aromatic carbocycles. The van der Waals surface area contributed by atoms with Gasteiger partial charge in [0.2, 0.25) is 0 Å². The highest BCUT2D eigenvalue weighted by molar-refractivity contribution is 7.80. The van der Waals surface area contributed by atoms with Gasteiger partial charge in [0.1, 0.15) is 18.5 Å². The predicted molar refractivity (Wildman–Crippen MR) is 67.7 cm³/mol. The van der Waals surface area contributed by atoms with Gasteiger partial charge in [-0.05, 0) is 6.08 Å². The first-order chi connectivity index (χ1) is 9.89. The zero-order valence-corrected chi connectivity index (χ0v) is 11.5. The fourth-order valence-corrected chi connectivity index (χ4v) is 2.82. The molecule has 10 nitrogen and oxygen atoms in total. The Labute approximate surface area is 119 Å². The second kappa shape index (κ2) is 4.80. The Hall–Kier alpha value is -1.95. The molecule has 114 valence electrons. The quantitative estimate of drug-likeness (QED) is 0.687. The molecule has 11 heteroatoms. The van der Waals surface area contributed by atoms with Gasteiger partial charge < -0.3 is 14.6 Å². The van der Waals surface area contributed by atoms with Gasteiger partial charge >= 0.3 is 16.4 Å². The van der Waals surface area contributed by atoms with E-state index in [1.165, 1.54) is 11.1 Å². The Morgan fingerprint density at radius 2 is 2.24 bits per heavy atom. The smallest absolute Gasteiger partial charge is 0.388 e. The highest BCUT2D eigenvalue weighted by Crippen LogP contribution is 2.27. The number of hydrogen-bond acceptors (Lipinski definition) is 6. The molecule has 1 aromatic heterocycles. The molecular formula is C10H12N4O6S. The number of imidazole rings is 1. The van der Waals surface area contributed by atoms with Crippen molar-refractivity contribution in [3.8, 4) is 0 Å². The lowest BCUT2D eigenvalue weighted by molar-refractivity contribution is -0.0183. The van der Waals surface area contributed by atoms with Crippen LogP contribution in [0.1, 0.15) is 5.82 Å². The number of rotatable bonds is 4. The van der Waals surface area contributed by atoms with Crippen LogP contribution in [0.25, 0.3) is 5.70 Å². The van der Waals surface area contributed by atoms with Crippen LogP contribution in [0.2, 0.25) is 0 Å². The van der Waals surface area contributed by atoms with Crippen LogP contribution < -0.4 is 0 Å². The van der Waals surface area contributed by atoms with Crippen molar-refractivity contribution in [3.05, 3.63) is 24.3 Å². The molecule has 1 aromatic rings. The number of carbonyl (C=O) groups excluding carboxylic acids is 1. The van der Waals surface area contributed by atoms with E-state index < -0.39 is 22.5 Å². The molecule has 2 bridgehead atoms. The van der Waals surface area contributed by atoms with Crippen LogP contribution in [0.4, 0.5) is 4.79 Å². The molecule has 3 rings (SSSR count). The van der Waals surface area contributed by atoms with E-state index in [4.69, 9.17) is 4.55 Å². The first-order valence-corrected chi connectivity index (χ1v) is 7.35. The Morgan fingerprint density at radius 3 is 2.90 bits per heavy atom. The van der Waals surface area contributed by atoms with Crippen LogP contribution in [0, 0.1) is 0 Å². The van der Waals surface area contributed by atoms with Crippen LogP contribution in [0.15, 0.2) is 18.5 Å². The van der Waals surface area contributed by atoms with E-state index in [1.807, 2.05) is 0 Å². The fraction of sp³-hybridized carbons (Fsp3) is 0.400. The fourth-order valence-electron chi connectivity index (χ4n) is 2.44. The standard InChI is InChI=1S/C10H12N4O6S/c15-6-9-11-1-2-13(9)7-3-8-5-12(4-7)10(16)14(8)20-21(17,18)19/h1-3,8,15H,4-6H2,(H,17,18,19). The number of carbonyl (C=O) groups is 1. The molecule has 1 atom stereocenters. The van der Waals surface area contributed by atoms with Gasteiger partial charge in [-0.25, -0.2) is 9.78 Å². The van der Waals surface area contributed by atoms with Crippen LogP contribution in [0.5, 0.6) is 0 Å². The van der Waals surface area contributed by atoms with E-state index in [0.29, 0.717) is 16.6 Å². The number of fused-ring (bicyclic) bond motifs is 2. The molecule has 1 fully saturated rings. The number of hydroxylamine groups is 2. The predicted octanol–water partition coefficient (Wildman–Crippen LogP) is -0.929. The van der Waals surface area contributed by atoms with E-state index >= 15 is 0 Å². The summed E-state index contributed by atoms with van der Waals surface area (Å²) in [5.41, 5.74) is 0.655. The number of hydrogen-bond donors (Lipinski definition) is 2. The third-order valence-corrected chi connectivity index (χ3v) is 3.60. The van der Waals surface area contributed by atoms with Crippen LogP contribution >= 0.6 is 0 Å². The summed E-state index contributed by atoms with van der Waals surface area (Å²) in [5.74, 6) is 0.401. The van der Waals surface area contributed by atoms with Gasteiger partial charge in [-0.15, -0.1) is 4.28 Å². The monoisotopic (exact) mass is 316 g/mol. The largest absolute Gasteiger partial charge is 0.418 e. The zero-order chi connectivity index (χ0) is 15.2. The number of aromatic nitrogens is 2. The van der Waals surface area contributed by atoms with Crippen molar-refractivity contribution >= 4 is 22.1 Å². The zero-order valence-electron chi connectivity index (χ0n) is 10.7. The number of aliphatic hydroxyl groups is 1. The molecule has 2 aliphatic heterocycles. The minimum Gasteiger partial charge on any atom is -0.388 e. The van der Waals surface area contributed by atoms with Crippen LogP contribution in [-0.2, 0) is 21.3 Å². The van der Waals surface area contributed by atoms with Crippen LogP contribution in [0.3, 0.4) is 0 Å². The molecule has 3 heterocycles.